The van der Waals surface area contributed by atoms with Gasteiger partial charge in [0.05, 0.1) is 20.4 Å². The van der Waals surface area contributed by atoms with Gasteiger partial charge in [0.2, 0.25) is 0 Å². The van der Waals surface area contributed by atoms with Gasteiger partial charge in [0.25, 0.3) is 0 Å². The number of anilines is 1. The lowest BCUT2D eigenvalue weighted by Crippen LogP contribution is -1.97. The zero-order chi connectivity index (χ0) is 19.8. The smallest absolute Gasteiger partial charge is 0.195 e. The molecule has 0 unspecified atom stereocenters. The predicted octanol–water partition coefficient (Wildman–Crippen LogP) is 7.11. The van der Waals surface area contributed by atoms with Crippen molar-refractivity contribution in [2.45, 2.75) is 13.8 Å². The van der Waals surface area contributed by atoms with Gasteiger partial charge in [0, 0.05) is 20.3 Å². The first kappa shape index (κ1) is 19.6. The number of nitrogen functional groups attached to an aromatic ring is 1. The van der Waals surface area contributed by atoms with Gasteiger partial charge in [-0.15, -0.1) is 0 Å². The highest BCUT2D eigenvalue weighted by atomic mass is 79.9. The summed E-state index contributed by atoms with van der Waals surface area (Å²) >= 11 is 10.1. The number of thiazole rings is 2. The molecule has 0 aliphatic carbocycles. The fourth-order valence-electron chi connectivity index (χ4n) is 2.87. The monoisotopic (exact) mass is 534 g/mol. The second kappa shape index (κ2) is 7.94. The standard InChI is InChI=1S/C13H11BrN2S.C7H5BrN2S/c1-8-3-4-9(2)16(8)13-15-11-6-5-10(14)7-12(11)17-13;8-4-1-2-5-6(3-4)11-7(9)10-5/h3-7H,1-2H3;1-3H,(H2,9,10). The number of aromatic nitrogens is 3. The van der Waals surface area contributed by atoms with Gasteiger partial charge in [-0.25, -0.2) is 9.97 Å². The Morgan fingerprint density at radius 1 is 0.786 bits per heavy atom. The van der Waals surface area contributed by atoms with Crippen molar-refractivity contribution >= 4 is 80.1 Å². The SMILES string of the molecule is Cc1ccc(C)n1-c1nc2ccc(Br)cc2s1.Nc1nc2ccc(Br)cc2s1. The molecule has 0 amide bonds. The molecule has 4 nitrogen and oxygen atoms in total. The van der Waals surface area contributed by atoms with Crippen LogP contribution in [0.25, 0.3) is 25.6 Å². The lowest BCUT2D eigenvalue weighted by molar-refractivity contribution is 0.955. The van der Waals surface area contributed by atoms with Crippen molar-refractivity contribution in [3.8, 4) is 5.13 Å². The number of halogens is 2. The molecule has 3 aromatic heterocycles. The molecular formula is C20H16Br2N4S2. The van der Waals surface area contributed by atoms with Crippen molar-refractivity contribution in [2.75, 3.05) is 5.73 Å². The minimum Gasteiger partial charge on any atom is -0.375 e. The molecule has 28 heavy (non-hydrogen) atoms. The van der Waals surface area contributed by atoms with Crippen LogP contribution in [0.1, 0.15) is 11.4 Å². The van der Waals surface area contributed by atoms with E-state index in [4.69, 9.17) is 5.73 Å². The van der Waals surface area contributed by atoms with Gasteiger partial charge >= 0.3 is 0 Å². The van der Waals surface area contributed by atoms with Crippen LogP contribution < -0.4 is 5.73 Å². The Kier molecular flexibility index (Phi) is 5.55. The van der Waals surface area contributed by atoms with E-state index in [0.29, 0.717) is 5.13 Å². The van der Waals surface area contributed by atoms with Crippen molar-refractivity contribution < 1.29 is 0 Å². The van der Waals surface area contributed by atoms with Crippen LogP contribution in [0.5, 0.6) is 0 Å². The summed E-state index contributed by atoms with van der Waals surface area (Å²) < 4.78 is 6.69. The predicted molar refractivity (Wildman–Crippen MR) is 128 cm³/mol. The molecule has 0 aliphatic rings. The van der Waals surface area contributed by atoms with Crippen LogP contribution in [0, 0.1) is 13.8 Å². The Morgan fingerprint density at radius 3 is 1.93 bits per heavy atom. The Morgan fingerprint density at radius 2 is 1.32 bits per heavy atom. The van der Waals surface area contributed by atoms with E-state index in [1.165, 1.54) is 27.4 Å². The van der Waals surface area contributed by atoms with Crippen LogP contribution in [0.3, 0.4) is 0 Å². The molecule has 5 aromatic rings. The number of nitrogens with two attached hydrogens (primary N) is 1. The van der Waals surface area contributed by atoms with Crippen molar-refractivity contribution in [3.63, 3.8) is 0 Å². The minimum atomic E-state index is 0.623. The van der Waals surface area contributed by atoms with Crippen LogP contribution in [-0.4, -0.2) is 14.5 Å². The molecule has 8 heteroatoms. The van der Waals surface area contributed by atoms with E-state index in [1.807, 2.05) is 30.3 Å². The first-order chi connectivity index (χ1) is 13.4. The van der Waals surface area contributed by atoms with Crippen molar-refractivity contribution in [1.82, 2.24) is 14.5 Å². The number of fused-ring (bicyclic) bond motifs is 2. The maximum Gasteiger partial charge on any atom is 0.195 e. The zero-order valence-electron chi connectivity index (χ0n) is 15.1. The summed E-state index contributed by atoms with van der Waals surface area (Å²) in [5.74, 6) is 0. The highest BCUT2D eigenvalue weighted by Crippen LogP contribution is 2.29. The Labute approximate surface area is 187 Å². The molecule has 2 N–H and O–H groups in total. The van der Waals surface area contributed by atoms with E-state index in [0.717, 1.165) is 29.8 Å². The number of aryl methyl sites for hydroxylation is 2. The number of hydrogen-bond donors (Lipinski definition) is 1. The molecule has 0 radical (unpaired) electrons. The number of rotatable bonds is 1. The summed E-state index contributed by atoms with van der Waals surface area (Å²) in [5, 5.41) is 1.66. The Balaban J connectivity index is 0.000000151. The van der Waals surface area contributed by atoms with E-state index in [1.54, 1.807) is 11.3 Å². The van der Waals surface area contributed by atoms with Gasteiger partial charge in [-0.1, -0.05) is 54.5 Å². The summed E-state index contributed by atoms with van der Waals surface area (Å²) in [7, 11) is 0. The molecule has 0 saturated carbocycles. The van der Waals surface area contributed by atoms with Crippen molar-refractivity contribution in [2.24, 2.45) is 0 Å². The summed E-state index contributed by atoms with van der Waals surface area (Å²) in [5.41, 5.74) is 10.0. The quantitative estimate of drug-likeness (QED) is 0.249. The van der Waals surface area contributed by atoms with Crippen molar-refractivity contribution in [1.29, 1.82) is 0 Å². The van der Waals surface area contributed by atoms with Gasteiger partial charge in [-0.05, 0) is 62.4 Å². The lowest BCUT2D eigenvalue weighted by Gasteiger charge is -2.03. The number of benzene rings is 2. The third-order valence-electron chi connectivity index (χ3n) is 4.17. The third kappa shape index (κ3) is 4.00. The minimum absolute atomic E-state index is 0.623. The van der Waals surface area contributed by atoms with Gasteiger partial charge < -0.3 is 5.73 Å². The fourth-order valence-corrected chi connectivity index (χ4v) is 5.79. The molecule has 142 valence electrons. The van der Waals surface area contributed by atoms with E-state index in [-0.39, 0.29) is 0 Å². The van der Waals surface area contributed by atoms with Gasteiger partial charge in [0.15, 0.2) is 10.3 Å². The second-order valence-corrected chi connectivity index (χ2v) is 10.1. The van der Waals surface area contributed by atoms with Gasteiger partial charge in [0.1, 0.15) is 0 Å². The highest BCUT2D eigenvalue weighted by molar-refractivity contribution is 9.10. The van der Waals surface area contributed by atoms with Crippen LogP contribution >= 0.6 is 54.5 Å². The topological polar surface area (TPSA) is 56.7 Å². The summed E-state index contributed by atoms with van der Waals surface area (Å²) in [6, 6.07) is 16.4. The first-order valence-corrected chi connectivity index (χ1v) is 11.7. The molecule has 0 atom stereocenters. The van der Waals surface area contributed by atoms with E-state index in [2.05, 4.69) is 78.4 Å². The first-order valence-electron chi connectivity index (χ1n) is 8.44. The Hall–Kier alpha value is -1.74. The third-order valence-corrected chi connectivity index (χ3v) is 7.01. The molecule has 2 aromatic carbocycles. The van der Waals surface area contributed by atoms with E-state index in [9.17, 15) is 0 Å². The van der Waals surface area contributed by atoms with E-state index < -0.39 is 0 Å². The Bertz CT molecular complexity index is 1270. The highest BCUT2D eigenvalue weighted by Gasteiger charge is 2.09. The molecule has 5 rings (SSSR count). The normalized spacial score (nSPS) is 11.0. The van der Waals surface area contributed by atoms with Gasteiger partial charge in [-0.3, -0.25) is 4.57 Å². The molecule has 0 spiro atoms. The van der Waals surface area contributed by atoms with Crippen LogP contribution in [0.4, 0.5) is 5.13 Å². The molecule has 0 aliphatic heterocycles. The summed E-state index contributed by atoms with van der Waals surface area (Å²) in [6.45, 7) is 4.21. The summed E-state index contributed by atoms with van der Waals surface area (Å²) in [4.78, 5) is 8.81. The molecule has 0 fully saturated rings. The molecule has 3 heterocycles. The molecule has 0 saturated heterocycles. The maximum atomic E-state index is 5.53. The number of nitrogens with zero attached hydrogens (tertiary/aromatic N) is 3. The summed E-state index contributed by atoms with van der Waals surface area (Å²) in [6.07, 6.45) is 0. The fraction of sp³-hybridized carbons (Fsp3) is 0.100. The van der Waals surface area contributed by atoms with E-state index >= 15 is 0 Å². The molecular weight excluding hydrogens is 520 g/mol. The van der Waals surface area contributed by atoms with Crippen LogP contribution in [0.15, 0.2) is 57.5 Å². The average molecular weight is 536 g/mol. The van der Waals surface area contributed by atoms with Crippen LogP contribution in [0.2, 0.25) is 0 Å². The molecule has 0 bridgehead atoms. The second-order valence-electron chi connectivity index (χ2n) is 6.22. The largest absolute Gasteiger partial charge is 0.375 e. The lowest BCUT2D eigenvalue weighted by atomic mass is 10.3. The average Bonchev–Trinajstić information content (AvgIpc) is 3.30. The van der Waals surface area contributed by atoms with Crippen LogP contribution in [-0.2, 0) is 0 Å². The van der Waals surface area contributed by atoms with Crippen molar-refractivity contribution in [3.05, 3.63) is 68.9 Å². The van der Waals surface area contributed by atoms with Gasteiger partial charge in [-0.2, -0.15) is 0 Å². The maximum absolute atomic E-state index is 5.53. The zero-order valence-corrected chi connectivity index (χ0v) is 19.9. The number of hydrogen-bond acceptors (Lipinski definition) is 5.